The van der Waals surface area contributed by atoms with Gasteiger partial charge in [-0.3, -0.25) is 0 Å². The summed E-state index contributed by atoms with van der Waals surface area (Å²) in [7, 11) is 0. The molecule has 1 N–H and O–H groups in total. The van der Waals surface area contributed by atoms with Gasteiger partial charge in [0.1, 0.15) is 0 Å². The van der Waals surface area contributed by atoms with Crippen molar-refractivity contribution < 1.29 is 4.74 Å². The highest BCUT2D eigenvalue weighted by molar-refractivity contribution is 4.71. The average molecular weight is 185 g/mol. The van der Waals surface area contributed by atoms with Crippen LogP contribution in [0, 0.1) is 5.92 Å². The van der Waals surface area contributed by atoms with Crippen molar-refractivity contribution in [1.82, 2.24) is 5.32 Å². The molecule has 2 heteroatoms. The minimum atomic E-state index is 0.656. The Balaban J connectivity index is 1.72. The van der Waals surface area contributed by atoms with E-state index in [-0.39, 0.29) is 0 Å². The van der Waals surface area contributed by atoms with E-state index in [9.17, 15) is 0 Å². The molecule has 0 aromatic heterocycles. The lowest BCUT2D eigenvalue weighted by Gasteiger charge is -2.10. The number of ether oxygens (including phenoxy) is 1. The van der Waals surface area contributed by atoms with Crippen molar-refractivity contribution in [2.45, 2.75) is 45.6 Å². The van der Waals surface area contributed by atoms with E-state index in [1.165, 1.54) is 19.3 Å². The predicted molar refractivity (Wildman–Crippen MR) is 55.9 cm³/mol. The Kier molecular flexibility index (Phi) is 5.40. The Bertz CT molecular complexity index is 123. The maximum absolute atomic E-state index is 5.53. The van der Waals surface area contributed by atoms with Crippen LogP contribution in [0.4, 0.5) is 0 Å². The topological polar surface area (TPSA) is 21.3 Å². The second kappa shape index (κ2) is 6.39. The fourth-order valence-corrected chi connectivity index (χ4v) is 1.20. The lowest BCUT2D eigenvalue weighted by atomic mass is 10.2. The van der Waals surface area contributed by atoms with E-state index in [4.69, 9.17) is 4.74 Å². The Morgan fingerprint density at radius 1 is 1.46 bits per heavy atom. The monoisotopic (exact) mass is 185 g/mol. The molecule has 1 aliphatic rings. The normalized spacial score (nSPS) is 18.9. The van der Waals surface area contributed by atoms with Crippen molar-refractivity contribution in [2.24, 2.45) is 5.92 Å². The molecule has 0 radical (unpaired) electrons. The summed E-state index contributed by atoms with van der Waals surface area (Å²) in [6.07, 6.45) is 5.15. The van der Waals surface area contributed by atoms with Crippen LogP contribution in [0.1, 0.15) is 39.5 Å². The van der Waals surface area contributed by atoms with Crippen molar-refractivity contribution in [3.8, 4) is 0 Å². The molecule has 13 heavy (non-hydrogen) atoms. The van der Waals surface area contributed by atoms with Gasteiger partial charge in [-0.15, -0.1) is 0 Å². The summed E-state index contributed by atoms with van der Waals surface area (Å²) in [5.41, 5.74) is 0. The van der Waals surface area contributed by atoms with Crippen LogP contribution in [0.15, 0.2) is 0 Å². The smallest absolute Gasteiger partial charge is 0.0494 e. The van der Waals surface area contributed by atoms with E-state index >= 15 is 0 Å². The second-order valence-electron chi connectivity index (χ2n) is 4.14. The Morgan fingerprint density at radius 3 is 2.85 bits per heavy atom. The lowest BCUT2D eigenvalue weighted by Crippen LogP contribution is -2.26. The fraction of sp³-hybridized carbons (Fsp3) is 1.00. The molecule has 2 nitrogen and oxygen atoms in total. The van der Waals surface area contributed by atoms with Crippen LogP contribution >= 0.6 is 0 Å². The fourth-order valence-electron chi connectivity index (χ4n) is 1.20. The van der Waals surface area contributed by atoms with E-state index < -0.39 is 0 Å². The lowest BCUT2D eigenvalue weighted by molar-refractivity contribution is 0.121. The first-order valence-electron chi connectivity index (χ1n) is 5.64. The summed E-state index contributed by atoms with van der Waals surface area (Å²) in [5.74, 6) is 0.905. The molecule has 1 saturated carbocycles. The highest BCUT2D eigenvalue weighted by Crippen LogP contribution is 2.28. The Labute approximate surface area is 82.0 Å². The van der Waals surface area contributed by atoms with Crippen molar-refractivity contribution >= 4 is 0 Å². The third-order valence-electron chi connectivity index (χ3n) is 2.62. The summed E-state index contributed by atoms with van der Waals surface area (Å²) in [4.78, 5) is 0. The molecule has 0 aliphatic heterocycles. The van der Waals surface area contributed by atoms with Gasteiger partial charge in [-0.1, -0.05) is 6.92 Å². The van der Waals surface area contributed by atoms with Crippen LogP contribution in [-0.4, -0.2) is 25.8 Å². The zero-order chi connectivity index (χ0) is 9.52. The Hall–Kier alpha value is -0.0800. The number of hydrogen-bond donors (Lipinski definition) is 1. The molecule has 0 bridgehead atoms. The molecule has 1 atom stereocenters. The molecule has 0 aromatic carbocycles. The molecule has 0 heterocycles. The average Bonchev–Trinajstić information content (AvgIpc) is 2.94. The summed E-state index contributed by atoms with van der Waals surface area (Å²) >= 11 is 0. The molecule has 1 fully saturated rings. The van der Waals surface area contributed by atoms with Crippen LogP contribution in [0.2, 0.25) is 0 Å². The van der Waals surface area contributed by atoms with Gasteiger partial charge >= 0.3 is 0 Å². The SMILES string of the molecule is CCC(C)NCCCOCC1CC1. The first-order valence-corrected chi connectivity index (χ1v) is 5.64. The molecule has 1 unspecified atom stereocenters. The van der Waals surface area contributed by atoms with Gasteiger partial charge in [0.05, 0.1) is 0 Å². The highest BCUT2D eigenvalue weighted by Gasteiger charge is 2.20. The molecule has 1 aliphatic carbocycles. The van der Waals surface area contributed by atoms with Gasteiger partial charge in [0.15, 0.2) is 0 Å². The minimum Gasteiger partial charge on any atom is -0.381 e. The maximum atomic E-state index is 5.53. The third kappa shape index (κ3) is 6.05. The maximum Gasteiger partial charge on any atom is 0.0494 e. The van der Waals surface area contributed by atoms with Gasteiger partial charge in [-0.25, -0.2) is 0 Å². The predicted octanol–water partition coefficient (Wildman–Crippen LogP) is 2.19. The number of hydrogen-bond acceptors (Lipinski definition) is 2. The van der Waals surface area contributed by atoms with Crippen molar-refractivity contribution in [1.29, 1.82) is 0 Å². The highest BCUT2D eigenvalue weighted by atomic mass is 16.5. The van der Waals surface area contributed by atoms with Crippen LogP contribution in [0.3, 0.4) is 0 Å². The molecule has 0 aromatic rings. The number of rotatable bonds is 8. The minimum absolute atomic E-state index is 0.656. The van der Waals surface area contributed by atoms with Crippen LogP contribution in [0.25, 0.3) is 0 Å². The molecule has 0 saturated heterocycles. The van der Waals surface area contributed by atoms with Gasteiger partial charge in [0, 0.05) is 19.3 Å². The molecule has 0 spiro atoms. The van der Waals surface area contributed by atoms with E-state index in [2.05, 4.69) is 19.2 Å². The van der Waals surface area contributed by atoms with E-state index in [1.807, 2.05) is 0 Å². The van der Waals surface area contributed by atoms with E-state index in [0.29, 0.717) is 6.04 Å². The van der Waals surface area contributed by atoms with Gasteiger partial charge in [0.25, 0.3) is 0 Å². The van der Waals surface area contributed by atoms with Crippen LogP contribution < -0.4 is 5.32 Å². The third-order valence-corrected chi connectivity index (χ3v) is 2.62. The first kappa shape index (κ1) is 11.0. The first-order chi connectivity index (χ1) is 6.33. The quantitative estimate of drug-likeness (QED) is 0.585. The van der Waals surface area contributed by atoms with Crippen molar-refractivity contribution in [3.63, 3.8) is 0 Å². The molecule has 1 rings (SSSR count). The zero-order valence-electron chi connectivity index (χ0n) is 9.01. The van der Waals surface area contributed by atoms with Crippen LogP contribution in [0.5, 0.6) is 0 Å². The molecular formula is C11H23NO. The van der Waals surface area contributed by atoms with Crippen LogP contribution in [-0.2, 0) is 4.74 Å². The summed E-state index contributed by atoms with van der Waals surface area (Å²) in [6.45, 7) is 7.47. The van der Waals surface area contributed by atoms with Crippen molar-refractivity contribution in [3.05, 3.63) is 0 Å². The summed E-state index contributed by atoms with van der Waals surface area (Å²) in [5, 5.41) is 3.46. The van der Waals surface area contributed by atoms with Gasteiger partial charge in [-0.05, 0) is 45.1 Å². The zero-order valence-corrected chi connectivity index (χ0v) is 9.01. The second-order valence-corrected chi connectivity index (χ2v) is 4.14. The standard InChI is InChI=1S/C11H23NO/c1-3-10(2)12-7-4-8-13-9-11-5-6-11/h10-12H,3-9H2,1-2H3. The van der Waals surface area contributed by atoms with Gasteiger partial charge in [-0.2, -0.15) is 0 Å². The Morgan fingerprint density at radius 2 is 2.23 bits per heavy atom. The summed E-state index contributed by atoms with van der Waals surface area (Å²) < 4.78 is 5.53. The van der Waals surface area contributed by atoms with Crippen molar-refractivity contribution in [2.75, 3.05) is 19.8 Å². The summed E-state index contributed by atoms with van der Waals surface area (Å²) in [6, 6.07) is 0.656. The molecule has 0 amide bonds. The molecule has 78 valence electrons. The van der Waals surface area contributed by atoms with E-state index in [1.54, 1.807) is 0 Å². The van der Waals surface area contributed by atoms with Gasteiger partial charge in [0.2, 0.25) is 0 Å². The molecular weight excluding hydrogens is 162 g/mol. The number of nitrogens with one attached hydrogen (secondary N) is 1. The van der Waals surface area contributed by atoms with E-state index in [0.717, 1.165) is 32.1 Å². The largest absolute Gasteiger partial charge is 0.381 e. The van der Waals surface area contributed by atoms with Gasteiger partial charge < -0.3 is 10.1 Å².